The van der Waals surface area contributed by atoms with Gasteiger partial charge in [-0.1, -0.05) is 30.3 Å². The topological polar surface area (TPSA) is 300 Å². The minimum absolute atomic E-state index is 0.00351. The third-order valence-electron chi connectivity index (χ3n) is 5.84. The minimum Gasteiger partial charge on any atom is -0.480 e. The number of aliphatic hydroxyl groups is 1. The molecule has 41 heavy (non-hydrogen) atoms. The first kappa shape index (κ1) is 34.6. The van der Waals surface area contributed by atoms with Crippen LogP contribution in [0.4, 0.5) is 0 Å². The second kappa shape index (κ2) is 18.0. The maximum Gasteiger partial charge on any atom is 0.328 e. The molecule has 0 radical (unpaired) electrons. The van der Waals surface area contributed by atoms with Crippen LogP contribution in [0.1, 0.15) is 38.2 Å². The fourth-order valence-electron chi connectivity index (χ4n) is 3.68. The molecule has 0 spiro atoms. The van der Waals surface area contributed by atoms with Gasteiger partial charge < -0.3 is 54.8 Å². The van der Waals surface area contributed by atoms with Crippen molar-refractivity contribution in [3.8, 4) is 0 Å². The number of carbonyl (C=O) groups is 4. The van der Waals surface area contributed by atoms with Crippen LogP contribution >= 0.6 is 0 Å². The highest BCUT2D eigenvalue weighted by Gasteiger charge is 2.32. The monoisotopic (exact) mass is 578 g/mol. The Morgan fingerprint density at radius 3 is 1.83 bits per heavy atom. The molecule has 0 bridgehead atoms. The van der Waals surface area contributed by atoms with Gasteiger partial charge >= 0.3 is 5.97 Å². The molecule has 16 nitrogen and oxygen atoms in total. The van der Waals surface area contributed by atoms with Crippen molar-refractivity contribution in [2.75, 3.05) is 13.1 Å². The Kier molecular flexibility index (Phi) is 15.2. The number of nitrogens with zero attached hydrogens (tertiary/aromatic N) is 2. The number of carbonyl (C=O) groups excluding carboxylic acids is 3. The van der Waals surface area contributed by atoms with Gasteiger partial charge in [0.05, 0.1) is 12.1 Å². The first-order valence-electron chi connectivity index (χ1n) is 13.0. The highest BCUT2D eigenvalue weighted by Crippen LogP contribution is 2.08. The summed E-state index contributed by atoms with van der Waals surface area (Å²) in [6, 6.07) is 3.76. The third kappa shape index (κ3) is 14.0. The lowest BCUT2D eigenvalue weighted by molar-refractivity contribution is -0.145. The summed E-state index contributed by atoms with van der Waals surface area (Å²) in [5, 5.41) is 26.6. The van der Waals surface area contributed by atoms with E-state index in [9.17, 15) is 29.4 Å². The second-order valence-electron chi connectivity index (χ2n) is 9.38. The zero-order valence-corrected chi connectivity index (χ0v) is 23.0. The molecule has 0 heterocycles. The van der Waals surface area contributed by atoms with Crippen molar-refractivity contribution in [3.63, 3.8) is 0 Å². The van der Waals surface area contributed by atoms with Gasteiger partial charge in [-0.2, -0.15) is 0 Å². The minimum atomic E-state index is -1.61. The lowest BCUT2D eigenvalue weighted by Crippen LogP contribution is -2.58. The highest BCUT2D eigenvalue weighted by atomic mass is 16.4. The summed E-state index contributed by atoms with van der Waals surface area (Å²) in [5.74, 6) is -3.83. The predicted octanol–water partition coefficient (Wildman–Crippen LogP) is -3.42. The lowest BCUT2D eigenvalue weighted by atomic mass is 10.0. The van der Waals surface area contributed by atoms with Crippen molar-refractivity contribution in [1.82, 2.24) is 16.0 Å². The molecule has 228 valence electrons. The van der Waals surface area contributed by atoms with Crippen LogP contribution in [0.25, 0.3) is 0 Å². The summed E-state index contributed by atoms with van der Waals surface area (Å²) in [4.78, 5) is 58.5. The number of aliphatic hydroxyl groups excluding tert-OH is 1. The number of carboxylic acids is 1. The average Bonchev–Trinajstić information content (AvgIpc) is 2.90. The molecular formula is C25H42N10O6. The molecule has 5 atom stereocenters. The van der Waals surface area contributed by atoms with Crippen LogP contribution < -0.4 is 44.6 Å². The Hall–Kier alpha value is -4.44. The molecule has 1 aromatic rings. The molecule has 0 aromatic heterocycles. The molecule has 3 amide bonds. The van der Waals surface area contributed by atoms with Crippen molar-refractivity contribution in [3.05, 3.63) is 35.9 Å². The number of aliphatic imine (C=N–C) groups is 2. The van der Waals surface area contributed by atoms with Gasteiger partial charge in [0, 0.05) is 19.5 Å². The Balaban J connectivity index is 3.10. The molecule has 0 fully saturated rings. The van der Waals surface area contributed by atoms with Crippen LogP contribution in [0.2, 0.25) is 0 Å². The molecule has 1 aromatic carbocycles. The molecular weight excluding hydrogens is 536 g/mol. The van der Waals surface area contributed by atoms with Crippen molar-refractivity contribution in [2.45, 2.75) is 69.3 Å². The number of hydrogen-bond donors (Lipinski definition) is 10. The van der Waals surface area contributed by atoms with Gasteiger partial charge in [-0.15, -0.1) is 0 Å². The fourth-order valence-corrected chi connectivity index (χ4v) is 3.68. The summed E-state index contributed by atoms with van der Waals surface area (Å²) >= 11 is 0. The molecule has 1 rings (SSSR count). The molecule has 16 heteroatoms. The number of guanidine groups is 2. The van der Waals surface area contributed by atoms with Crippen molar-refractivity contribution in [2.24, 2.45) is 38.7 Å². The number of benzene rings is 1. The van der Waals surface area contributed by atoms with E-state index in [2.05, 4.69) is 25.9 Å². The first-order valence-corrected chi connectivity index (χ1v) is 13.0. The van der Waals surface area contributed by atoms with Crippen molar-refractivity contribution >= 4 is 35.6 Å². The van der Waals surface area contributed by atoms with E-state index in [4.69, 9.17) is 28.7 Å². The number of rotatable bonds is 18. The van der Waals surface area contributed by atoms with Gasteiger partial charge in [-0.3, -0.25) is 24.4 Å². The summed E-state index contributed by atoms with van der Waals surface area (Å²) in [7, 11) is 0. The number of carboxylic acid groups (broad SMARTS) is 1. The van der Waals surface area contributed by atoms with Crippen LogP contribution in [-0.4, -0.2) is 89.2 Å². The quantitative estimate of drug-likeness (QED) is 0.0464. The van der Waals surface area contributed by atoms with E-state index in [1.807, 2.05) is 0 Å². The average molecular weight is 579 g/mol. The molecule has 0 saturated heterocycles. The predicted molar refractivity (Wildman–Crippen MR) is 153 cm³/mol. The van der Waals surface area contributed by atoms with E-state index < -0.39 is 54.0 Å². The zero-order chi connectivity index (χ0) is 30.9. The number of amides is 3. The first-order chi connectivity index (χ1) is 19.3. The van der Waals surface area contributed by atoms with E-state index in [1.165, 1.54) is 6.92 Å². The summed E-state index contributed by atoms with van der Waals surface area (Å²) < 4.78 is 0. The van der Waals surface area contributed by atoms with Gasteiger partial charge in [0.15, 0.2) is 18.0 Å². The maximum absolute atomic E-state index is 13.4. The SMILES string of the molecule is CC(O)C(NC(=O)C(Cc1ccccc1)NC(=O)C(CCCN=C(N)N)NC(=O)C(N)CCCN=C(N)N)C(=O)O. The van der Waals surface area contributed by atoms with E-state index in [0.717, 1.165) is 0 Å². The normalized spacial score (nSPS) is 14.3. The Labute approximate surface area is 238 Å². The largest absolute Gasteiger partial charge is 0.480 e. The lowest BCUT2D eigenvalue weighted by Gasteiger charge is -2.26. The fraction of sp³-hybridized carbons (Fsp3) is 0.520. The van der Waals surface area contributed by atoms with Crippen molar-refractivity contribution < 1.29 is 29.4 Å². The standard InChI is InChI=1S/C25H42N10O6/c1-14(36)19(23(40)41)35-22(39)18(13-15-7-3-2-4-8-15)34-21(38)17(10-6-12-32-25(29)30)33-20(37)16(26)9-5-11-31-24(27)28/h2-4,7-8,14,16-19,36H,5-6,9-13,26H2,1H3,(H,33,37)(H,34,38)(H,35,39)(H,40,41)(H4,27,28,31)(H4,29,30,32). The van der Waals surface area contributed by atoms with E-state index in [0.29, 0.717) is 18.4 Å². The van der Waals surface area contributed by atoms with Crippen LogP contribution in [0.5, 0.6) is 0 Å². The van der Waals surface area contributed by atoms with E-state index in [1.54, 1.807) is 30.3 Å². The van der Waals surface area contributed by atoms with Gasteiger partial charge in [0.25, 0.3) is 0 Å². The van der Waals surface area contributed by atoms with E-state index >= 15 is 0 Å². The second-order valence-corrected chi connectivity index (χ2v) is 9.38. The summed E-state index contributed by atoms with van der Waals surface area (Å²) in [5.41, 5.74) is 27.9. The number of hydrogen-bond acceptors (Lipinski definition) is 8. The van der Waals surface area contributed by atoms with Gasteiger partial charge in [0.2, 0.25) is 17.7 Å². The van der Waals surface area contributed by atoms with Gasteiger partial charge in [-0.25, -0.2) is 4.79 Å². The summed E-state index contributed by atoms with van der Waals surface area (Å²) in [6.45, 7) is 1.66. The smallest absolute Gasteiger partial charge is 0.328 e. The molecule has 0 aliphatic heterocycles. The Bertz CT molecular complexity index is 1060. The maximum atomic E-state index is 13.4. The summed E-state index contributed by atoms with van der Waals surface area (Å²) in [6.07, 6.45) is -0.347. The number of nitrogens with one attached hydrogen (secondary N) is 3. The molecule has 15 N–H and O–H groups in total. The van der Waals surface area contributed by atoms with Gasteiger partial charge in [-0.05, 0) is 38.2 Å². The van der Waals surface area contributed by atoms with Crippen LogP contribution in [0, 0.1) is 0 Å². The molecule has 0 aliphatic carbocycles. The number of aliphatic carboxylic acids is 1. The van der Waals surface area contributed by atoms with Gasteiger partial charge in [0.1, 0.15) is 12.1 Å². The zero-order valence-electron chi connectivity index (χ0n) is 23.0. The molecule has 0 saturated carbocycles. The Morgan fingerprint density at radius 1 is 0.805 bits per heavy atom. The number of nitrogens with two attached hydrogens (primary N) is 5. The Morgan fingerprint density at radius 2 is 1.32 bits per heavy atom. The third-order valence-corrected chi connectivity index (χ3v) is 5.84. The molecule has 5 unspecified atom stereocenters. The van der Waals surface area contributed by atoms with Crippen LogP contribution in [-0.2, 0) is 25.6 Å². The molecule has 0 aliphatic rings. The van der Waals surface area contributed by atoms with Crippen LogP contribution in [0.15, 0.2) is 40.3 Å². The van der Waals surface area contributed by atoms with Crippen LogP contribution in [0.3, 0.4) is 0 Å². The van der Waals surface area contributed by atoms with Crippen molar-refractivity contribution in [1.29, 1.82) is 0 Å². The highest BCUT2D eigenvalue weighted by molar-refractivity contribution is 5.94. The van der Waals surface area contributed by atoms with E-state index in [-0.39, 0.29) is 44.3 Å².